The van der Waals surface area contributed by atoms with Crippen molar-refractivity contribution in [3.05, 3.63) is 28.2 Å². The van der Waals surface area contributed by atoms with Crippen LogP contribution in [0.4, 0.5) is 5.69 Å². The second-order valence-electron chi connectivity index (χ2n) is 2.99. The molecule has 1 nitrogen and oxygen atoms in total. The molecule has 5 heteroatoms. The Morgan fingerprint density at radius 1 is 0.867 bits per heavy atom. The van der Waals surface area contributed by atoms with E-state index in [0.29, 0.717) is 21.8 Å². The van der Waals surface area contributed by atoms with Crippen LogP contribution in [0.1, 0.15) is 0 Å². The molecule has 0 amide bonds. The first kappa shape index (κ1) is 13.2. The van der Waals surface area contributed by atoms with Crippen LogP contribution in [0.5, 0.6) is 0 Å². The molecule has 0 bridgehead atoms. The van der Waals surface area contributed by atoms with Crippen LogP contribution >= 0.6 is 46.4 Å². The van der Waals surface area contributed by atoms with Gasteiger partial charge in [-0.25, -0.2) is 0 Å². The summed E-state index contributed by atoms with van der Waals surface area (Å²) < 4.78 is 0. The van der Waals surface area contributed by atoms with Crippen LogP contribution in [0.3, 0.4) is 0 Å². The Bertz CT molecular complexity index is 290. The van der Waals surface area contributed by atoms with Crippen LogP contribution in [0.15, 0.2) is 18.2 Å². The third-order valence-electron chi connectivity index (χ3n) is 1.92. The fourth-order valence-corrected chi connectivity index (χ4v) is 2.22. The maximum atomic E-state index is 5.92. The average Bonchev–Trinajstić information content (AvgIpc) is 2.16. The lowest BCUT2D eigenvalue weighted by molar-refractivity contribution is 0.874. The molecule has 0 aliphatic rings. The van der Waals surface area contributed by atoms with E-state index >= 15 is 0 Å². The van der Waals surface area contributed by atoms with Crippen molar-refractivity contribution in [2.24, 2.45) is 0 Å². The highest BCUT2D eigenvalue weighted by Gasteiger charge is 2.07. The lowest BCUT2D eigenvalue weighted by Gasteiger charge is -2.23. The number of hydrogen-bond acceptors (Lipinski definition) is 1. The first-order chi connectivity index (χ1) is 7.17. The highest BCUT2D eigenvalue weighted by molar-refractivity contribution is 6.35. The number of halogens is 4. The SMILES string of the molecule is ClCCN(CCCl)c1cc(Cl)cc(Cl)c1. The molecule has 0 N–H and O–H groups in total. The summed E-state index contributed by atoms with van der Waals surface area (Å²) in [6, 6.07) is 5.41. The molecule has 15 heavy (non-hydrogen) atoms. The van der Waals surface area contributed by atoms with Crippen molar-refractivity contribution < 1.29 is 0 Å². The number of alkyl halides is 2. The Kier molecular flexibility index (Phi) is 5.91. The van der Waals surface area contributed by atoms with Crippen molar-refractivity contribution in [3.63, 3.8) is 0 Å². The molecule has 0 heterocycles. The smallest absolute Gasteiger partial charge is 0.0441 e. The summed E-state index contributed by atoms with van der Waals surface area (Å²) in [6.07, 6.45) is 0. The monoisotopic (exact) mass is 285 g/mol. The summed E-state index contributed by atoms with van der Waals surface area (Å²) in [5.74, 6) is 1.09. The molecule has 0 spiro atoms. The zero-order valence-electron chi connectivity index (χ0n) is 8.02. The van der Waals surface area contributed by atoms with Crippen molar-refractivity contribution >= 4 is 52.1 Å². The van der Waals surface area contributed by atoms with E-state index in [1.807, 2.05) is 12.1 Å². The van der Waals surface area contributed by atoms with Crippen LogP contribution in [0.2, 0.25) is 10.0 Å². The molecule has 0 aliphatic heterocycles. The number of hydrogen-bond donors (Lipinski definition) is 0. The number of anilines is 1. The molecule has 1 aromatic rings. The predicted molar refractivity (Wildman–Crippen MR) is 70.1 cm³/mol. The molecular weight excluding hydrogens is 276 g/mol. The second kappa shape index (κ2) is 6.70. The summed E-state index contributed by atoms with van der Waals surface area (Å²) in [7, 11) is 0. The number of nitrogens with zero attached hydrogens (tertiary/aromatic N) is 1. The Balaban J connectivity index is 2.88. The van der Waals surface area contributed by atoms with Gasteiger partial charge in [0.25, 0.3) is 0 Å². The topological polar surface area (TPSA) is 3.24 Å². The van der Waals surface area contributed by atoms with Gasteiger partial charge in [-0.3, -0.25) is 0 Å². The van der Waals surface area contributed by atoms with E-state index in [0.717, 1.165) is 18.8 Å². The van der Waals surface area contributed by atoms with Gasteiger partial charge in [0.2, 0.25) is 0 Å². The van der Waals surface area contributed by atoms with Crippen LogP contribution in [-0.2, 0) is 0 Å². The number of rotatable bonds is 5. The third-order valence-corrected chi connectivity index (χ3v) is 2.70. The quantitative estimate of drug-likeness (QED) is 0.731. The largest absolute Gasteiger partial charge is 0.369 e. The van der Waals surface area contributed by atoms with Crippen molar-refractivity contribution in [3.8, 4) is 0 Å². The van der Waals surface area contributed by atoms with Crippen molar-refractivity contribution in [2.45, 2.75) is 0 Å². The zero-order valence-corrected chi connectivity index (χ0v) is 11.0. The molecule has 0 fully saturated rings. The summed E-state index contributed by atoms with van der Waals surface area (Å²) in [6.45, 7) is 1.45. The number of benzene rings is 1. The molecule has 0 saturated heterocycles. The van der Waals surface area contributed by atoms with Gasteiger partial charge in [0, 0.05) is 40.6 Å². The van der Waals surface area contributed by atoms with E-state index < -0.39 is 0 Å². The van der Waals surface area contributed by atoms with Gasteiger partial charge in [0.15, 0.2) is 0 Å². The van der Waals surface area contributed by atoms with E-state index in [-0.39, 0.29) is 0 Å². The van der Waals surface area contributed by atoms with Crippen molar-refractivity contribution in [1.29, 1.82) is 0 Å². The van der Waals surface area contributed by atoms with E-state index in [1.165, 1.54) is 0 Å². The van der Waals surface area contributed by atoms with Crippen LogP contribution < -0.4 is 4.90 Å². The molecule has 1 aromatic carbocycles. The van der Waals surface area contributed by atoms with Crippen LogP contribution in [0, 0.1) is 0 Å². The molecule has 1 rings (SSSR count). The molecule has 0 unspecified atom stereocenters. The standard InChI is InChI=1S/C10H11Cl4N/c11-1-3-15(4-2-12)10-6-8(13)5-9(14)7-10/h5-7H,1-4H2. The maximum Gasteiger partial charge on any atom is 0.0441 e. The lowest BCUT2D eigenvalue weighted by Crippen LogP contribution is -2.27. The van der Waals surface area contributed by atoms with Gasteiger partial charge in [0.1, 0.15) is 0 Å². The Labute approximate surface area is 110 Å². The molecule has 0 radical (unpaired) electrons. The molecule has 84 valence electrons. The van der Waals surface area contributed by atoms with E-state index in [2.05, 4.69) is 4.90 Å². The molecule has 0 saturated carbocycles. The van der Waals surface area contributed by atoms with Crippen LogP contribution in [0.25, 0.3) is 0 Å². The minimum absolute atomic E-state index is 0.543. The lowest BCUT2D eigenvalue weighted by atomic mass is 10.3. The van der Waals surface area contributed by atoms with Gasteiger partial charge in [0.05, 0.1) is 0 Å². The van der Waals surface area contributed by atoms with Gasteiger partial charge in [-0.05, 0) is 18.2 Å². The van der Waals surface area contributed by atoms with E-state index in [4.69, 9.17) is 46.4 Å². The van der Waals surface area contributed by atoms with Gasteiger partial charge in [-0.2, -0.15) is 0 Å². The molecule has 0 atom stereocenters. The highest BCUT2D eigenvalue weighted by atomic mass is 35.5. The van der Waals surface area contributed by atoms with E-state index in [9.17, 15) is 0 Å². The molecular formula is C10H11Cl4N. The maximum absolute atomic E-state index is 5.92. The molecule has 0 aliphatic carbocycles. The normalized spacial score (nSPS) is 10.4. The first-order valence-corrected chi connectivity index (χ1v) is 6.33. The Morgan fingerprint density at radius 3 is 1.73 bits per heavy atom. The molecule has 0 aromatic heterocycles. The van der Waals surface area contributed by atoms with Crippen molar-refractivity contribution in [2.75, 3.05) is 29.7 Å². The van der Waals surface area contributed by atoms with Crippen molar-refractivity contribution in [1.82, 2.24) is 0 Å². The van der Waals surface area contributed by atoms with Gasteiger partial charge >= 0.3 is 0 Å². The van der Waals surface area contributed by atoms with E-state index in [1.54, 1.807) is 6.07 Å². The third kappa shape index (κ3) is 4.28. The minimum atomic E-state index is 0.543. The minimum Gasteiger partial charge on any atom is -0.369 e. The summed E-state index contributed by atoms with van der Waals surface area (Å²) in [5, 5.41) is 1.23. The highest BCUT2D eigenvalue weighted by Crippen LogP contribution is 2.25. The zero-order chi connectivity index (χ0) is 11.3. The first-order valence-electron chi connectivity index (χ1n) is 4.50. The second-order valence-corrected chi connectivity index (χ2v) is 4.62. The fraction of sp³-hybridized carbons (Fsp3) is 0.400. The predicted octanol–water partition coefficient (Wildman–Crippen LogP) is 4.28. The Morgan fingerprint density at radius 2 is 1.33 bits per heavy atom. The summed E-state index contributed by atoms with van der Waals surface area (Å²) >= 11 is 23.3. The summed E-state index contributed by atoms with van der Waals surface area (Å²) in [4.78, 5) is 2.05. The fourth-order valence-electron chi connectivity index (χ4n) is 1.30. The van der Waals surface area contributed by atoms with Gasteiger partial charge in [-0.15, -0.1) is 23.2 Å². The van der Waals surface area contributed by atoms with Gasteiger partial charge < -0.3 is 4.90 Å². The summed E-state index contributed by atoms with van der Waals surface area (Å²) in [5.41, 5.74) is 0.953. The average molecular weight is 287 g/mol. The Hall–Kier alpha value is 0.180. The van der Waals surface area contributed by atoms with Gasteiger partial charge in [-0.1, -0.05) is 23.2 Å². The van der Waals surface area contributed by atoms with Crippen LogP contribution in [-0.4, -0.2) is 24.8 Å².